The van der Waals surface area contributed by atoms with Crippen LogP contribution >= 0.6 is 24.0 Å². The fourth-order valence-corrected chi connectivity index (χ4v) is 2.27. The fraction of sp³-hybridized carbons (Fsp3) is 0.462. The predicted octanol–water partition coefficient (Wildman–Crippen LogP) is 2.63. The molecule has 1 fully saturated rings. The normalized spacial score (nSPS) is 17.9. The smallest absolute Gasteiger partial charge is 0.251 e. The Morgan fingerprint density at radius 2 is 2.32 bits per heavy atom. The van der Waals surface area contributed by atoms with Crippen molar-refractivity contribution in [2.75, 3.05) is 19.6 Å². The molecule has 6 heteroatoms. The molecule has 3 nitrogen and oxygen atoms in total. The van der Waals surface area contributed by atoms with Gasteiger partial charge in [0.2, 0.25) is 0 Å². The molecule has 0 radical (unpaired) electrons. The Morgan fingerprint density at radius 1 is 1.53 bits per heavy atom. The van der Waals surface area contributed by atoms with Crippen LogP contribution in [0.4, 0.5) is 4.39 Å². The van der Waals surface area contributed by atoms with Gasteiger partial charge in [-0.2, -0.15) is 0 Å². The molecule has 0 aromatic heterocycles. The van der Waals surface area contributed by atoms with E-state index in [1.54, 1.807) is 0 Å². The van der Waals surface area contributed by atoms with Crippen molar-refractivity contribution in [1.82, 2.24) is 10.6 Å². The molecule has 19 heavy (non-hydrogen) atoms. The molecule has 1 aliphatic heterocycles. The predicted molar refractivity (Wildman–Crippen MR) is 76.6 cm³/mol. The minimum Gasteiger partial charge on any atom is -0.352 e. The Morgan fingerprint density at radius 3 is 2.95 bits per heavy atom. The van der Waals surface area contributed by atoms with Gasteiger partial charge in [0.15, 0.2) is 0 Å². The first-order valence-corrected chi connectivity index (χ1v) is 6.48. The van der Waals surface area contributed by atoms with Crippen LogP contribution < -0.4 is 10.6 Å². The Kier molecular flexibility index (Phi) is 6.55. The highest BCUT2D eigenvalue weighted by Crippen LogP contribution is 2.16. The third-order valence-electron chi connectivity index (χ3n) is 3.18. The summed E-state index contributed by atoms with van der Waals surface area (Å²) in [6.45, 7) is 2.73. The summed E-state index contributed by atoms with van der Waals surface area (Å²) in [6.07, 6.45) is 2.13. The quantitative estimate of drug-likeness (QED) is 0.898. The van der Waals surface area contributed by atoms with Crippen molar-refractivity contribution in [3.8, 4) is 0 Å². The van der Waals surface area contributed by atoms with Gasteiger partial charge < -0.3 is 10.6 Å². The summed E-state index contributed by atoms with van der Waals surface area (Å²) < 4.78 is 12.9. The number of amides is 1. The third kappa shape index (κ3) is 4.64. The van der Waals surface area contributed by atoms with E-state index in [9.17, 15) is 9.18 Å². The highest BCUT2D eigenvalue weighted by molar-refractivity contribution is 6.31. The average molecular weight is 307 g/mol. The number of carbonyl (C=O) groups excluding carboxylic acids is 1. The van der Waals surface area contributed by atoms with Crippen LogP contribution in [0, 0.1) is 11.7 Å². The third-order valence-corrected chi connectivity index (χ3v) is 3.47. The monoisotopic (exact) mass is 306 g/mol. The topological polar surface area (TPSA) is 41.1 Å². The van der Waals surface area contributed by atoms with Gasteiger partial charge in [0, 0.05) is 12.1 Å². The zero-order valence-electron chi connectivity index (χ0n) is 10.4. The minimum absolute atomic E-state index is 0. The highest BCUT2D eigenvalue weighted by Gasteiger charge is 2.14. The summed E-state index contributed by atoms with van der Waals surface area (Å²) in [6, 6.07) is 4.00. The second-order valence-electron chi connectivity index (χ2n) is 4.53. The lowest BCUT2D eigenvalue weighted by atomic mass is 10.1. The van der Waals surface area contributed by atoms with E-state index in [1.165, 1.54) is 18.2 Å². The number of rotatable bonds is 4. The average Bonchev–Trinajstić information content (AvgIpc) is 2.85. The lowest BCUT2D eigenvalue weighted by Gasteiger charge is -2.09. The molecule has 106 valence electrons. The number of halogens is 3. The fourth-order valence-electron chi connectivity index (χ4n) is 2.09. The van der Waals surface area contributed by atoms with Crippen LogP contribution in [0.1, 0.15) is 23.2 Å². The zero-order valence-corrected chi connectivity index (χ0v) is 12.0. The first-order chi connectivity index (χ1) is 8.66. The molecule has 0 spiro atoms. The molecule has 1 aliphatic rings. The number of benzene rings is 1. The van der Waals surface area contributed by atoms with Crippen LogP contribution in [0.5, 0.6) is 0 Å². The van der Waals surface area contributed by atoms with Crippen LogP contribution in [-0.4, -0.2) is 25.5 Å². The largest absolute Gasteiger partial charge is 0.352 e. The van der Waals surface area contributed by atoms with Gasteiger partial charge in [0.1, 0.15) is 5.82 Å². The highest BCUT2D eigenvalue weighted by atomic mass is 35.5. The van der Waals surface area contributed by atoms with Gasteiger partial charge in [-0.3, -0.25) is 4.79 Å². The summed E-state index contributed by atoms with van der Waals surface area (Å²) in [7, 11) is 0. The van der Waals surface area contributed by atoms with E-state index in [-0.39, 0.29) is 23.3 Å². The molecule has 1 aromatic rings. The summed E-state index contributed by atoms with van der Waals surface area (Å²) in [5, 5.41) is 6.08. The molecular weight excluding hydrogens is 290 g/mol. The molecule has 1 heterocycles. The second-order valence-corrected chi connectivity index (χ2v) is 4.94. The molecular formula is C13H17Cl2FN2O. The maximum absolute atomic E-state index is 12.9. The van der Waals surface area contributed by atoms with Crippen LogP contribution in [0.15, 0.2) is 18.2 Å². The van der Waals surface area contributed by atoms with Crippen molar-refractivity contribution in [1.29, 1.82) is 0 Å². The van der Waals surface area contributed by atoms with Crippen LogP contribution in [0.3, 0.4) is 0 Å². The molecule has 1 saturated heterocycles. The Bertz CT molecular complexity index is 437. The van der Waals surface area contributed by atoms with Crippen LogP contribution in [-0.2, 0) is 0 Å². The van der Waals surface area contributed by atoms with E-state index in [0.29, 0.717) is 18.0 Å². The van der Waals surface area contributed by atoms with Gasteiger partial charge in [-0.25, -0.2) is 4.39 Å². The zero-order chi connectivity index (χ0) is 13.0. The van der Waals surface area contributed by atoms with E-state index in [4.69, 9.17) is 11.6 Å². The van der Waals surface area contributed by atoms with E-state index in [0.717, 1.165) is 25.9 Å². The molecule has 1 aromatic carbocycles. The Labute approximate surface area is 123 Å². The van der Waals surface area contributed by atoms with Gasteiger partial charge in [0.25, 0.3) is 5.91 Å². The Hall–Kier alpha value is -0.840. The Balaban J connectivity index is 0.00000180. The molecule has 2 N–H and O–H groups in total. The lowest BCUT2D eigenvalue weighted by Crippen LogP contribution is -2.26. The lowest BCUT2D eigenvalue weighted by molar-refractivity contribution is 0.0951. The first-order valence-electron chi connectivity index (χ1n) is 6.11. The van der Waals surface area contributed by atoms with Gasteiger partial charge in [-0.05, 0) is 50.0 Å². The molecule has 1 amide bonds. The second kappa shape index (κ2) is 7.68. The molecule has 0 bridgehead atoms. The van der Waals surface area contributed by atoms with Crippen molar-refractivity contribution in [3.05, 3.63) is 34.6 Å². The number of hydrogen-bond acceptors (Lipinski definition) is 2. The summed E-state index contributed by atoms with van der Waals surface area (Å²) in [5.74, 6) is -0.0739. The molecule has 1 atom stereocenters. The molecule has 0 aliphatic carbocycles. The SMILES string of the molecule is Cl.O=C(NCCC1CCNC1)c1ccc(F)c(Cl)c1. The van der Waals surface area contributed by atoms with E-state index >= 15 is 0 Å². The summed E-state index contributed by atoms with van der Waals surface area (Å²) >= 11 is 5.63. The van der Waals surface area contributed by atoms with E-state index < -0.39 is 5.82 Å². The molecule has 0 saturated carbocycles. The van der Waals surface area contributed by atoms with Gasteiger partial charge in [0.05, 0.1) is 5.02 Å². The summed E-state index contributed by atoms with van der Waals surface area (Å²) in [4.78, 5) is 11.8. The maximum Gasteiger partial charge on any atom is 0.251 e. The standard InChI is InChI=1S/C13H16ClFN2O.ClH/c14-11-7-10(1-2-12(11)15)13(18)17-6-4-9-3-5-16-8-9;/h1-2,7,9,16H,3-6,8H2,(H,17,18);1H. The summed E-state index contributed by atoms with van der Waals surface area (Å²) in [5.41, 5.74) is 0.394. The first kappa shape index (κ1) is 16.2. The number of carbonyl (C=O) groups is 1. The van der Waals surface area contributed by atoms with E-state index in [1.807, 2.05) is 0 Å². The minimum atomic E-state index is -0.509. The van der Waals surface area contributed by atoms with Gasteiger partial charge in [-0.15, -0.1) is 12.4 Å². The molecule has 1 unspecified atom stereocenters. The van der Waals surface area contributed by atoms with E-state index in [2.05, 4.69) is 10.6 Å². The van der Waals surface area contributed by atoms with Gasteiger partial charge in [-0.1, -0.05) is 11.6 Å². The van der Waals surface area contributed by atoms with Crippen molar-refractivity contribution >= 4 is 29.9 Å². The van der Waals surface area contributed by atoms with Crippen molar-refractivity contribution in [2.24, 2.45) is 5.92 Å². The van der Waals surface area contributed by atoms with Gasteiger partial charge >= 0.3 is 0 Å². The maximum atomic E-state index is 12.9. The number of nitrogens with one attached hydrogen (secondary N) is 2. The van der Waals surface area contributed by atoms with Crippen LogP contribution in [0.25, 0.3) is 0 Å². The molecule has 2 rings (SSSR count). The van der Waals surface area contributed by atoms with Crippen LogP contribution in [0.2, 0.25) is 5.02 Å². The number of hydrogen-bond donors (Lipinski definition) is 2. The van der Waals surface area contributed by atoms with Crippen molar-refractivity contribution in [3.63, 3.8) is 0 Å². The van der Waals surface area contributed by atoms with Crippen molar-refractivity contribution < 1.29 is 9.18 Å². The van der Waals surface area contributed by atoms with Crippen molar-refractivity contribution in [2.45, 2.75) is 12.8 Å².